The van der Waals surface area contributed by atoms with Crippen LogP contribution in [0.3, 0.4) is 0 Å². The third-order valence-electron chi connectivity index (χ3n) is 2.45. The molecule has 84 valence electrons. The minimum atomic E-state index is -1.08. The van der Waals surface area contributed by atoms with Gasteiger partial charge in [0.15, 0.2) is 5.71 Å². The minimum absolute atomic E-state index is 0.0763. The molecule has 0 spiro atoms. The second-order valence-corrected chi connectivity index (χ2v) is 3.89. The van der Waals surface area contributed by atoms with Crippen LogP contribution in [0.2, 0.25) is 0 Å². The lowest BCUT2D eigenvalue weighted by atomic mass is 9.98. The van der Waals surface area contributed by atoms with Crippen molar-refractivity contribution in [2.75, 3.05) is 0 Å². The normalized spacial score (nSPS) is 18.6. The Bertz CT molecular complexity index is 262. The smallest absolute Gasteiger partial charge is 0.358 e. The van der Waals surface area contributed by atoms with E-state index in [4.69, 9.17) is 9.94 Å². The fourth-order valence-electron chi connectivity index (χ4n) is 1.60. The maximum Gasteiger partial charge on any atom is 0.358 e. The number of carboxylic acids is 1. The number of hydrogen-bond donors (Lipinski definition) is 1. The lowest BCUT2D eigenvalue weighted by Crippen LogP contribution is -2.18. The lowest BCUT2D eigenvalue weighted by molar-refractivity contribution is -0.129. The molecule has 0 aromatic rings. The molecular weight excluding hydrogens is 194 g/mol. The van der Waals surface area contributed by atoms with Crippen LogP contribution in [0.25, 0.3) is 0 Å². The summed E-state index contributed by atoms with van der Waals surface area (Å²) >= 11 is 0. The average molecular weight is 211 g/mol. The highest BCUT2D eigenvalue weighted by molar-refractivity contribution is 6.42. The van der Waals surface area contributed by atoms with E-state index in [1.807, 2.05) is 0 Å². The molecule has 1 N–H and O–H groups in total. The topological polar surface area (TPSA) is 58.9 Å². The van der Waals surface area contributed by atoms with Crippen molar-refractivity contribution in [2.45, 2.75) is 45.1 Å². The summed E-state index contributed by atoms with van der Waals surface area (Å²) < 4.78 is 0. The average Bonchev–Trinajstić information content (AvgIpc) is 2.18. The van der Waals surface area contributed by atoms with Crippen LogP contribution in [0.15, 0.2) is 17.3 Å². The maximum absolute atomic E-state index is 10.7. The van der Waals surface area contributed by atoms with Crippen molar-refractivity contribution < 1.29 is 14.7 Å². The molecule has 4 nitrogen and oxygen atoms in total. The van der Waals surface area contributed by atoms with E-state index in [1.54, 1.807) is 6.92 Å². The molecule has 4 heteroatoms. The Balaban J connectivity index is 2.52. The zero-order chi connectivity index (χ0) is 11.3. The van der Waals surface area contributed by atoms with Crippen molar-refractivity contribution in [3.63, 3.8) is 0 Å². The fourth-order valence-corrected chi connectivity index (χ4v) is 1.60. The number of carboxylic acid groups (broad SMARTS) is 1. The summed E-state index contributed by atoms with van der Waals surface area (Å²) in [6, 6.07) is 0. The van der Waals surface area contributed by atoms with Gasteiger partial charge in [0.05, 0.1) is 0 Å². The van der Waals surface area contributed by atoms with E-state index in [1.165, 1.54) is 6.42 Å². The summed E-state index contributed by atoms with van der Waals surface area (Å²) in [4.78, 5) is 16.0. The van der Waals surface area contributed by atoms with Crippen LogP contribution >= 0.6 is 0 Å². The highest BCUT2D eigenvalue weighted by Crippen LogP contribution is 2.20. The summed E-state index contributed by atoms with van der Waals surface area (Å²) in [5.74, 6) is -1.08. The Kier molecular flexibility index (Phi) is 4.34. The zero-order valence-corrected chi connectivity index (χ0v) is 9.03. The van der Waals surface area contributed by atoms with Gasteiger partial charge in [-0.05, 0) is 38.2 Å². The first kappa shape index (κ1) is 11.8. The molecule has 0 bridgehead atoms. The van der Waals surface area contributed by atoms with Gasteiger partial charge in [-0.3, -0.25) is 0 Å². The van der Waals surface area contributed by atoms with Gasteiger partial charge in [0.25, 0.3) is 0 Å². The standard InChI is InChI=1S/C11H17NO3/c1-8(2)10(11(13)14)12-15-9-6-4-3-5-7-9/h9H,1,3-7H2,2H3,(H,13,14)/b12-10-. The van der Waals surface area contributed by atoms with E-state index in [0.29, 0.717) is 5.57 Å². The molecule has 0 aromatic heterocycles. The number of aliphatic carboxylic acids is 1. The number of rotatable bonds is 4. The zero-order valence-electron chi connectivity index (χ0n) is 9.03. The molecular formula is C11H17NO3. The van der Waals surface area contributed by atoms with Gasteiger partial charge in [-0.2, -0.15) is 0 Å². The van der Waals surface area contributed by atoms with E-state index in [9.17, 15) is 4.79 Å². The first-order valence-electron chi connectivity index (χ1n) is 5.24. The SMILES string of the molecule is C=C(C)/C(=N/OC1CCCCC1)C(=O)O. The van der Waals surface area contributed by atoms with Crippen LogP contribution in [-0.2, 0) is 9.63 Å². The summed E-state index contributed by atoms with van der Waals surface area (Å²) in [5.41, 5.74) is 0.332. The van der Waals surface area contributed by atoms with Crippen LogP contribution in [0, 0.1) is 0 Å². The van der Waals surface area contributed by atoms with Crippen molar-refractivity contribution in [3.8, 4) is 0 Å². The first-order valence-corrected chi connectivity index (χ1v) is 5.24. The van der Waals surface area contributed by atoms with Crippen LogP contribution < -0.4 is 0 Å². The molecule has 0 heterocycles. The van der Waals surface area contributed by atoms with Gasteiger partial charge in [-0.15, -0.1) is 0 Å². The molecule has 1 saturated carbocycles. The maximum atomic E-state index is 10.7. The lowest BCUT2D eigenvalue weighted by Gasteiger charge is -2.19. The number of nitrogens with zero attached hydrogens (tertiary/aromatic N) is 1. The summed E-state index contributed by atoms with van der Waals surface area (Å²) in [5, 5.41) is 12.5. The second-order valence-electron chi connectivity index (χ2n) is 3.89. The molecule has 0 aromatic carbocycles. The Morgan fingerprint density at radius 1 is 1.40 bits per heavy atom. The van der Waals surface area contributed by atoms with Gasteiger partial charge in [0, 0.05) is 0 Å². The van der Waals surface area contributed by atoms with Crippen LogP contribution in [-0.4, -0.2) is 22.9 Å². The van der Waals surface area contributed by atoms with Crippen LogP contribution in [0.1, 0.15) is 39.0 Å². The molecule has 0 atom stereocenters. The number of oxime groups is 1. The van der Waals surface area contributed by atoms with E-state index < -0.39 is 5.97 Å². The number of carbonyl (C=O) groups is 1. The van der Waals surface area contributed by atoms with E-state index in [2.05, 4.69) is 11.7 Å². The van der Waals surface area contributed by atoms with E-state index in [-0.39, 0.29) is 11.8 Å². The largest absolute Gasteiger partial charge is 0.476 e. The highest BCUT2D eigenvalue weighted by Gasteiger charge is 2.16. The van der Waals surface area contributed by atoms with Crippen molar-refractivity contribution in [1.29, 1.82) is 0 Å². The summed E-state index contributed by atoms with van der Waals surface area (Å²) in [7, 11) is 0. The van der Waals surface area contributed by atoms with Gasteiger partial charge in [-0.1, -0.05) is 18.2 Å². The van der Waals surface area contributed by atoms with E-state index in [0.717, 1.165) is 25.7 Å². The van der Waals surface area contributed by atoms with Crippen LogP contribution in [0.5, 0.6) is 0 Å². The van der Waals surface area contributed by atoms with Crippen LogP contribution in [0.4, 0.5) is 0 Å². The summed E-state index contributed by atoms with van der Waals surface area (Å²) in [6.07, 6.45) is 5.51. The predicted molar refractivity (Wildman–Crippen MR) is 57.8 cm³/mol. The quantitative estimate of drug-likeness (QED) is 0.573. The highest BCUT2D eigenvalue weighted by atomic mass is 16.6. The molecule has 1 fully saturated rings. The fraction of sp³-hybridized carbons (Fsp3) is 0.636. The summed E-state index contributed by atoms with van der Waals surface area (Å²) in [6.45, 7) is 5.16. The van der Waals surface area contributed by atoms with Gasteiger partial charge >= 0.3 is 5.97 Å². The van der Waals surface area contributed by atoms with Crippen molar-refractivity contribution >= 4 is 11.7 Å². The van der Waals surface area contributed by atoms with Crippen molar-refractivity contribution in [3.05, 3.63) is 12.2 Å². The molecule has 1 aliphatic carbocycles. The Morgan fingerprint density at radius 3 is 2.47 bits per heavy atom. The molecule has 1 rings (SSSR count). The van der Waals surface area contributed by atoms with Crippen molar-refractivity contribution in [2.24, 2.45) is 5.16 Å². The minimum Gasteiger partial charge on any atom is -0.476 e. The van der Waals surface area contributed by atoms with Gasteiger partial charge in [0.1, 0.15) is 6.10 Å². The van der Waals surface area contributed by atoms with Gasteiger partial charge in [0.2, 0.25) is 0 Å². The molecule has 0 saturated heterocycles. The molecule has 0 unspecified atom stereocenters. The number of hydrogen-bond acceptors (Lipinski definition) is 3. The molecule has 15 heavy (non-hydrogen) atoms. The van der Waals surface area contributed by atoms with Gasteiger partial charge < -0.3 is 9.94 Å². The first-order chi connectivity index (χ1) is 7.11. The van der Waals surface area contributed by atoms with Gasteiger partial charge in [-0.25, -0.2) is 4.79 Å². The molecule has 1 aliphatic rings. The Labute approximate surface area is 89.6 Å². The third-order valence-corrected chi connectivity index (χ3v) is 2.45. The third kappa shape index (κ3) is 3.73. The molecule has 0 aliphatic heterocycles. The Morgan fingerprint density at radius 2 is 2.00 bits per heavy atom. The monoisotopic (exact) mass is 211 g/mol. The molecule has 0 amide bonds. The predicted octanol–water partition coefficient (Wildman–Crippen LogP) is 2.35. The second kappa shape index (κ2) is 5.53. The Hall–Kier alpha value is -1.32. The van der Waals surface area contributed by atoms with Crippen molar-refractivity contribution in [1.82, 2.24) is 0 Å². The van der Waals surface area contributed by atoms with E-state index >= 15 is 0 Å². The molecule has 0 radical (unpaired) electrons.